The fourth-order valence-corrected chi connectivity index (χ4v) is 4.54. The quantitative estimate of drug-likeness (QED) is 0.513. The van der Waals surface area contributed by atoms with Gasteiger partial charge in [-0.25, -0.2) is 9.07 Å². The summed E-state index contributed by atoms with van der Waals surface area (Å²) in [7, 11) is 0. The van der Waals surface area contributed by atoms with E-state index in [0.717, 1.165) is 5.56 Å². The molecule has 2 heterocycles. The second kappa shape index (κ2) is 6.40. The molecular formula is C25H16FN3O2. The van der Waals surface area contributed by atoms with Gasteiger partial charge >= 0.3 is 0 Å². The molecule has 31 heavy (non-hydrogen) atoms. The summed E-state index contributed by atoms with van der Waals surface area (Å²) in [6, 6.07) is 22.6. The minimum absolute atomic E-state index is 0.120. The van der Waals surface area contributed by atoms with E-state index in [9.17, 15) is 14.0 Å². The van der Waals surface area contributed by atoms with Gasteiger partial charge in [-0.1, -0.05) is 54.6 Å². The van der Waals surface area contributed by atoms with E-state index >= 15 is 0 Å². The maximum absolute atomic E-state index is 13.7. The van der Waals surface area contributed by atoms with E-state index < -0.39 is 5.92 Å². The number of aromatic amines is 1. The van der Waals surface area contributed by atoms with Gasteiger partial charge < -0.3 is 5.32 Å². The zero-order chi connectivity index (χ0) is 21.1. The number of halogens is 1. The fourth-order valence-electron chi connectivity index (χ4n) is 4.54. The maximum atomic E-state index is 13.7. The zero-order valence-electron chi connectivity index (χ0n) is 16.2. The largest absolute Gasteiger partial charge is 0.339 e. The van der Waals surface area contributed by atoms with Crippen molar-refractivity contribution < 1.29 is 9.18 Å². The molecule has 2 aliphatic rings. The molecule has 0 amide bonds. The number of hydrogen-bond acceptors (Lipinski definition) is 3. The van der Waals surface area contributed by atoms with Gasteiger partial charge in [0.05, 0.1) is 16.9 Å². The Balaban J connectivity index is 1.62. The normalized spacial score (nSPS) is 16.5. The number of rotatable bonds is 2. The van der Waals surface area contributed by atoms with Crippen molar-refractivity contribution in [1.82, 2.24) is 9.78 Å². The molecule has 0 radical (unpaired) electrons. The molecule has 2 N–H and O–H groups in total. The molecule has 0 saturated heterocycles. The molecule has 0 saturated carbocycles. The van der Waals surface area contributed by atoms with E-state index in [1.54, 1.807) is 18.2 Å². The summed E-state index contributed by atoms with van der Waals surface area (Å²) in [6.45, 7) is 0. The van der Waals surface area contributed by atoms with Crippen molar-refractivity contribution in [2.45, 2.75) is 5.92 Å². The molecule has 150 valence electrons. The van der Waals surface area contributed by atoms with Crippen LogP contribution >= 0.6 is 0 Å². The van der Waals surface area contributed by atoms with Crippen molar-refractivity contribution in [3.8, 4) is 5.69 Å². The van der Waals surface area contributed by atoms with Gasteiger partial charge in [0.2, 0.25) is 0 Å². The highest BCUT2D eigenvalue weighted by molar-refractivity contribution is 6.23. The van der Waals surface area contributed by atoms with Gasteiger partial charge in [-0.15, -0.1) is 0 Å². The first-order valence-electron chi connectivity index (χ1n) is 9.94. The minimum Gasteiger partial charge on any atom is -0.339 e. The van der Waals surface area contributed by atoms with E-state index in [1.807, 2.05) is 48.5 Å². The molecule has 6 heteroatoms. The van der Waals surface area contributed by atoms with Crippen LogP contribution in [0.5, 0.6) is 0 Å². The first-order chi connectivity index (χ1) is 15.1. The lowest BCUT2D eigenvalue weighted by Gasteiger charge is -2.25. The number of aromatic nitrogens is 2. The number of benzene rings is 3. The Morgan fingerprint density at radius 2 is 1.48 bits per heavy atom. The van der Waals surface area contributed by atoms with Gasteiger partial charge in [0.15, 0.2) is 5.78 Å². The Morgan fingerprint density at radius 1 is 0.806 bits per heavy atom. The third kappa shape index (κ3) is 2.48. The Bertz CT molecular complexity index is 1450. The number of Topliss-reactive ketones (excluding diaryl/α,β-unsaturated/α-hetero) is 1. The van der Waals surface area contributed by atoms with Crippen LogP contribution in [-0.2, 0) is 0 Å². The topological polar surface area (TPSA) is 66.9 Å². The molecule has 1 atom stereocenters. The van der Waals surface area contributed by atoms with E-state index in [-0.39, 0.29) is 17.2 Å². The van der Waals surface area contributed by atoms with Crippen molar-refractivity contribution in [1.29, 1.82) is 0 Å². The third-order valence-electron chi connectivity index (χ3n) is 5.93. The van der Waals surface area contributed by atoms with Crippen LogP contribution in [0.4, 0.5) is 10.2 Å². The molecular weight excluding hydrogens is 393 g/mol. The Labute approximate surface area is 176 Å². The van der Waals surface area contributed by atoms with Crippen molar-refractivity contribution >= 4 is 17.3 Å². The number of anilines is 1. The summed E-state index contributed by atoms with van der Waals surface area (Å²) < 4.78 is 15.1. The van der Waals surface area contributed by atoms with Gasteiger partial charge in [0.1, 0.15) is 11.6 Å². The van der Waals surface area contributed by atoms with Crippen molar-refractivity contribution in [2.24, 2.45) is 0 Å². The van der Waals surface area contributed by atoms with Gasteiger partial charge in [-0.2, -0.15) is 0 Å². The summed E-state index contributed by atoms with van der Waals surface area (Å²) in [5.74, 6) is -0.569. The average Bonchev–Trinajstić information content (AvgIpc) is 3.29. The fraction of sp³-hybridized carbons (Fsp3) is 0.0400. The molecule has 0 spiro atoms. The monoisotopic (exact) mass is 409 g/mol. The maximum Gasteiger partial charge on any atom is 0.277 e. The molecule has 1 aromatic heterocycles. The summed E-state index contributed by atoms with van der Waals surface area (Å²) >= 11 is 0. The second-order valence-corrected chi connectivity index (χ2v) is 7.65. The molecule has 0 unspecified atom stereocenters. The molecule has 1 aliphatic carbocycles. The van der Waals surface area contributed by atoms with Crippen LogP contribution in [0.1, 0.15) is 33.0 Å². The summed E-state index contributed by atoms with van der Waals surface area (Å²) in [5.41, 5.74) is 4.16. The van der Waals surface area contributed by atoms with Crippen LogP contribution in [0.15, 0.2) is 89.2 Å². The summed E-state index contributed by atoms with van der Waals surface area (Å²) in [4.78, 5) is 26.9. The number of carbonyl (C=O) groups is 1. The highest BCUT2D eigenvalue weighted by Gasteiger charge is 2.42. The smallest absolute Gasteiger partial charge is 0.277 e. The molecule has 6 rings (SSSR count). The predicted molar refractivity (Wildman–Crippen MR) is 116 cm³/mol. The molecule has 0 bridgehead atoms. The first kappa shape index (κ1) is 17.7. The van der Waals surface area contributed by atoms with E-state index in [2.05, 4.69) is 10.4 Å². The molecule has 1 aliphatic heterocycles. The number of allylic oxidation sites excluding steroid dienone is 1. The standard InChI is InChI=1S/C25H16FN3O2/c26-15-12-10-14(11-13-15)19-20-22(17-8-4-5-9-18(17)23(20)30)27-24-21(19)25(31)29(28-24)16-6-2-1-3-7-16/h1-13,19,27-28H/t19-/m1/s1. The highest BCUT2D eigenvalue weighted by Crippen LogP contribution is 2.47. The lowest BCUT2D eigenvalue weighted by Crippen LogP contribution is -2.25. The van der Waals surface area contributed by atoms with Crippen LogP contribution in [0.3, 0.4) is 0 Å². The van der Waals surface area contributed by atoms with Gasteiger partial charge in [0.25, 0.3) is 5.56 Å². The molecule has 3 aromatic carbocycles. The third-order valence-corrected chi connectivity index (χ3v) is 5.93. The van der Waals surface area contributed by atoms with Crippen molar-refractivity contribution in [3.05, 3.63) is 123 Å². The minimum atomic E-state index is -0.611. The van der Waals surface area contributed by atoms with Crippen molar-refractivity contribution in [3.63, 3.8) is 0 Å². The molecule has 0 fully saturated rings. The van der Waals surface area contributed by atoms with Crippen LogP contribution < -0.4 is 10.9 Å². The summed E-state index contributed by atoms with van der Waals surface area (Å²) in [6.07, 6.45) is 0. The number of nitrogens with one attached hydrogen (secondary N) is 2. The zero-order valence-corrected chi connectivity index (χ0v) is 16.2. The Kier molecular flexibility index (Phi) is 3.65. The van der Waals surface area contributed by atoms with Crippen LogP contribution in [0.2, 0.25) is 0 Å². The van der Waals surface area contributed by atoms with Crippen LogP contribution in [0, 0.1) is 5.82 Å². The first-order valence-corrected chi connectivity index (χ1v) is 9.94. The average molecular weight is 409 g/mol. The van der Waals surface area contributed by atoms with Crippen molar-refractivity contribution in [2.75, 3.05) is 5.32 Å². The SMILES string of the molecule is O=C1C2=C(Nc3[nH]n(-c4ccccc4)c(=O)c3[C@@H]2c2ccc(F)cc2)c2ccccc21. The van der Waals surface area contributed by atoms with E-state index in [0.29, 0.717) is 39.5 Å². The van der Waals surface area contributed by atoms with Gasteiger partial charge in [-0.3, -0.25) is 14.7 Å². The number of ketones is 1. The Hall–Kier alpha value is -4.19. The number of nitrogens with zero attached hydrogens (tertiary/aromatic N) is 1. The highest BCUT2D eigenvalue weighted by atomic mass is 19.1. The van der Waals surface area contributed by atoms with Crippen LogP contribution in [-0.4, -0.2) is 15.6 Å². The molecule has 4 aromatic rings. The van der Waals surface area contributed by atoms with Gasteiger partial charge in [-0.05, 0) is 29.8 Å². The predicted octanol–water partition coefficient (Wildman–Crippen LogP) is 4.47. The number of H-pyrrole nitrogens is 1. The van der Waals surface area contributed by atoms with Gasteiger partial charge in [0, 0.05) is 22.6 Å². The Morgan fingerprint density at radius 3 is 2.23 bits per heavy atom. The summed E-state index contributed by atoms with van der Waals surface area (Å²) in [5, 5.41) is 6.46. The van der Waals surface area contributed by atoms with Crippen LogP contribution in [0.25, 0.3) is 11.4 Å². The number of fused-ring (bicyclic) bond motifs is 3. The number of carbonyl (C=O) groups excluding carboxylic acids is 1. The second-order valence-electron chi connectivity index (χ2n) is 7.65. The van der Waals surface area contributed by atoms with E-state index in [4.69, 9.17) is 0 Å². The number of hydrogen-bond donors (Lipinski definition) is 2. The lowest BCUT2D eigenvalue weighted by atomic mass is 9.82. The molecule has 5 nitrogen and oxygen atoms in total. The van der Waals surface area contributed by atoms with E-state index in [1.165, 1.54) is 16.8 Å². The lowest BCUT2D eigenvalue weighted by molar-refractivity contribution is 0.103. The number of para-hydroxylation sites is 1.